The highest BCUT2D eigenvalue weighted by molar-refractivity contribution is 6.00. The predicted molar refractivity (Wildman–Crippen MR) is 191 cm³/mol. The van der Waals surface area contributed by atoms with Gasteiger partial charge in [-0.3, -0.25) is 9.59 Å². The molecule has 2 N–H and O–H groups in total. The van der Waals surface area contributed by atoms with Crippen LogP contribution in [0.2, 0.25) is 0 Å². The number of hydrogen-bond donors (Lipinski definition) is 1. The van der Waals surface area contributed by atoms with Crippen LogP contribution in [0.4, 0.5) is 0 Å². The molecule has 1 amide bonds. The molecule has 0 saturated carbocycles. The SMILES string of the molecule is CCCCCCCC/C=C\CCCCCCCCCCC(C(N)=O)C(=O)CCCCCCCCCCCCCCCCC. The first-order valence-corrected chi connectivity index (χ1v) is 19.6. The zero-order valence-corrected chi connectivity index (χ0v) is 29.5. The third kappa shape index (κ3) is 32.1. The molecule has 0 aromatic rings. The lowest BCUT2D eigenvalue weighted by molar-refractivity contribution is -0.132. The molecule has 1 atom stereocenters. The number of amides is 1. The third-order valence-electron chi connectivity index (χ3n) is 9.26. The van der Waals surface area contributed by atoms with Crippen molar-refractivity contribution in [3.05, 3.63) is 12.2 Å². The summed E-state index contributed by atoms with van der Waals surface area (Å²) in [5, 5.41) is 0. The molecule has 0 aromatic carbocycles. The van der Waals surface area contributed by atoms with Gasteiger partial charge >= 0.3 is 0 Å². The molecule has 0 bridgehead atoms. The molecule has 0 radical (unpaired) electrons. The summed E-state index contributed by atoms with van der Waals surface area (Å²) < 4.78 is 0. The monoisotopic (exact) mass is 604 g/mol. The van der Waals surface area contributed by atoms with E-state index in [4.69, 9.17) is 5.73 Å². The molecule has 43 heavy (non-hydrogen) atoms. The number of hydrogen-bond acceptors (Lipinski definition) is 2. The van der Waals surface area contributed by atoms with Gasteiger partial charge in [-0.2, -0.15) is 0 Å². The van der Waals surface area contributed by atoms with Crippen molar-refractivity contribution in [1.82, 2.24) is 0 Å². The first kappa shape index (κ1) is 41.9. The predicted octanol–water partition coefficient (Wildman–Crippen LogP) is 13.1. The van der Waals surface area contributed by atoms with Gasteiger partial charge < -0.3 is 5.73 Å². The van der Waals surface area contributed by atoms with Crippen LogP contribution in [0.5, 0.6) is 0 Å². The number of nitrogens with two attached hydrogens (primary N) is 1. The van der Waals surface area contributed by atoms with E-state index in [0.29, 0.717) is 12.8 Å². The lowest BCUT2D eigenvalue weighted by atomic mass is 9.92. The zero-order valence-electron chi connectivity index (χ0n) is 29.5. The molecule has 0 fully saturated rings. The van der Waals surface area contributed by atoms with Gasteiger partial charge in [-0.05, 0) is 38.5 Å². The van der Waals surface area contributed by atoms with Gasteiger partial charge in [0, 0.05) is 6.42 Å². The third-order valence-corrected chi connectivity index (χ3v) is 9.26. The van der Waals surface area contributed by atoms with Crippen LogP contribution < -0.4 is 5.73 Å². The summed E-state index contributed by atoms with van der Waals surface area (Å²) in [7, 11) is 0. The maximum atomic E-state index is 12.6. The standard InChI is InChI=1S/C40H77NO2/c1-3-5-7-9-11-13-15-17-19-20-21-23-24-26-28-30-32-34-36-38(40(41)43)39(42)37-35-33-31-29-27-25-22-18-16-14-12-10-8-6-4-2/h17,19,38H,3-16,18,20-37H2,1-2H3,(H2,41,43)/b19-17-. The van der Waals surface area contributed by atoms with Crippen LogP contribution in [0, 0.1) is 5.92 Å². The highest BCUT2D eigenvalue weighted by Crippen LogP contribution is 2.18. The van der Waals surface area contributed by atoms with Crippen LogP contribution in [0.25, 0.3) is 0 Å². The summed E-state index contributed by atoms with van der Waals surface area (Å²) >= 11 is 0. The Morgan fingerprint density at radius 3 is 1.09 bits per heavy atom. The summed E-state index contributed by atoms with van der Waals surface area (Å²) in [6.07, 6.45) is 46.3. The summed E-state index contributed by atoms with van der Waals surface area (Å²) in [4.78, 5) is 24.5. The number of carbonyl (C=O) groups excluding carboxylic acids is 2. The minimum absolute atomic E-state index is 0.0863. The minimum Gasteiger partial charge on any atom is -0.369 e. The second kappa shape index (κ2) is 35.4. The summed E-state index contributed by atoms with van der Waals surface area (Å²) in [6, 6.07) is 0. The highest BCUT2D eigenvalue weighted by Gasteiger charge is 2.22. The number of rotatable bonds is 36. The number of primary amides is 1. The van der Waals surface area contributed by atoms with Gasteiger partial charge in [0.25, 0.3) is 0 Å². The van der Waals surface area contributed by atoms with Gasteiger partial charge in [-0.1, -0.05) is 193 Å². The average molecular weight is 604 g/mol. The summed E-state index contributed by atoms with van der Waals surface area (Å²) in [6.45, 7) is 4.56. The van der Waals surface area contributed by atoms with E-state index >= 15 is 0 Å². The van der Waals surface area contributed by atoms with E-state index in [-0.39, 0.29) is 5.78 Å². The van der Waals surface area contributed by atoms with Crippen LogP contribution in [0.3, 0.4) is 0 Å². The minimum atomic E-state index is -0.555. The molecule has 0 aromatic heterocycles. The van der Waals surface area contributed by atoms with Crippen molar-refractivity contribution < 1.29 is 9.59 Å². The van der Waals surface area contributed by atoms with Crippen molar-refractivity contribution in [3.63, 3.8) is 0 Å². The Morgan fingerprint density at radius 2 is 0.744 bits per heavy atom. The molecular formula is C40H77NO2. The van der Waals surface area contributed by atoms with Gasteiger partial charge in [-0.15, -0.1) is 0 Å². The van der Waals surface area contributed by atoms with Gasteiger partial charge in [0.2, 0.25) is 5.91 Å². The van der Waals surface area contributed by atoms with Gasteiger partial charge in [-0.25, -0.2) is 0 Å². The topological polar surface area (TPSA) is 60.2 Å². The lowest BCUT2D eigenvalue weighted by Crippen LogP contribution is -2.30. The normalized spacial score (nSPS) is 12.3. The van der Waals surface area contributed by atoms with Crippen LogP contribution in [0.1, 0.15) is 226 Å². The van der Waals surface area contributed by atoms with Gasteiger partial charge in [0.15, 0.2) is 0 Å². The number of ketones is 1. The fraction of sp³-hybridized carbons (Fsp3) is 0.900. The molecule has 3 nitrogen and oxygen atoms in total. The number of Topliss-reactive ketones (excluding diaryl/α,β-unsaturated/α-hetero) is 1. The molecule has 0 aliphatic rings. The Kier molecular flexibility index (Phi) is 34.4. The molecule has 0 rings (SSSR count). The second-order valence-corrected chi connectivity index (χ2v) is 13.6. The Morgan fingerprint density at radius 1 is 0.442 bits per heavy atom. The molecule has 0 saturated heterocycles. The fourth-order valence-electron chi connectivity index (χ4n) is 6.26. The van der Waals surface area contributed by atoms with E-state index in [1.54, 1.807) is 0 Å². The largest absolute Gasteiger partial charge is 0.369 e. The number of unbranched alkanes of at least 4 members (excludes halogenated alkanes) is 28. The molecule has 0 heterocycles. The Bertz CT molecular complexity index is 614. The molecule has 254 valence electrons. The summed E-state index contributed by atoms with van der Waals surface area (Å²) in [5.41, 5.74) is 5.61. The summed E-state index contributed by atoms with van der Waals surface area (Å²) in [5.74, 6) is -0.879. The van der Waals surface area contributed by atoms with Crippen LogP contribution >= 0.6 is 0 Å². The van der Waals surface area contributed by atoms with Crippen molar-refractivity contribution in [1.29, 1.82) is 0 Å². The highest BCUT2D eigenvalue weighted by atomic mass is 16.2. The van der Waals surface area contributed by atoms with E-state index in [0.717, 1.165) is 25.7 Å². The van der Waals surface area contributed by atoms with Crippen molar-refractivity contribution in [2.75, 3.05) is 0 Å². The van der Waals surface area contributed by atoms with E-state index < -0.39 is 11.8 Å². The fourth-order valence-corrected chi connectivity index (χ4v) is 6.26. The van der Waals surface area contributed by atoms with E-state index in [1.165, 1.54) is 173 Å². The van der Waals surface area contributed by atoms with E-state index in [2.05, 4.69) is 26.0 Å². The van der Waals surface area contributed by atoms with Crippen LogP contribution in [0.15, 0.2) is 12.2 Å². The number of carbonyl (C=O) groups is 2. The maximum Gasteiger partial charge on any atom is 0.227 e. The van der Waals surface area contributed by atoms with E-state index in [9.17, 15) is 9.59 Å². The van der Waals surface area contributed by atoms with E-state index in [1.807, 2.05) is 0 Å². The first-order valence-electron chi connectivity index (χ1n) is 19.6. The Labute approximate surface area is 270 Å². The zero-order chi connectivity index (χ0) is 31.5. The maximum absolute atomic E-state index is 12.6. The molecule has 0 spiro atoms. The smallest absolute Gasteiger partial charge is 0.227 e. The number of allylic oxidation sites excluding steroid dienone is 2. The lowest BCUT2D eigenvalue weighted by Gasteiger charge is -2.12. The van der Waals surface area contributed by atoms with Crippen molar-refractivity contribution >= 4 is 11.7 Å². The molecule has 3 heteroatoms. The first-order chi connectivity index (χ1) is 21.1. The van der Waals surface area contributed by atoms with Crippen molar-refractivity contribution in [2.24, 2.45) is 11.7 Å². The Hall–Kier alpha value is -1.12. The van der Waals surface area contributed by atoms with Crippen LogP contribution in [-0.2, 0) is 9.59 Å². The van der Waals surface area contributed by atoms with Gasteiger partial charge in [0.1, 0.15) is 5.78 Å². The van der Waals surface area contributed by atoms with Gasteiger partial charge in [0.05, 0.1) is 5.92 Å². The van der Waals surface area contributed by atoms with Crippen LogP contribution in [-0.4, -0.2) is 11.7 Å². The second-order valence-electron chi connectivity index (χ2n) is 13.6. The molecular weight excluding hydrogens is 526 g/mol. The quantitative estimate of drug-likeness (QED) is 0.0440. The molecule has 0 aliphatic heterocycles. The molecule has 1 unspecified atom stereocenters. The Balaban J connectivity index is 3.54. The molecule has 0 aliphatic carbocycles. The van der Waals surface area contributed by atoms with Crippen molar-refractivity contribution in [3.8, 4) is 0 Å². The van der Waals surface area contributed by atoms with Crippen molar-refractivity contribution in [2.45, 2.75) is 226 Å². The average Bonchev–Trinajstić information content (AvgIpc) is 3.00.